The van der Waals surface area contributed by atoms with Crippen molar-refractivity contribution >= 4 is 11.9 Å². The number of nitrogens with zero attached hydrogens (tertiary/aromatic N) is 2. The molecule has 0 spiro atoms. The molecule has 6 heteroatoms. The third kappa shape index (κ3) is 3.42. The van der Waals surface area contributed by atoms with Crippen molar-refractivity contribution in [3.63, 3.8) is 0 Å². The van der Waals surface area contributed by atoms with Crippen LogP contribution < -0.4 is 5.32 Å². The second-order valence-corrected chi connectivity index (χ2v) is 6.08. The second kappa shape index (κ2) is 6.78. The molecular weight excluding hydrogens is 306 g/mol. The molecule has 24 heavy (non-hydrogen) atoms. The summed E-state index contributed by atoms with van der Waals surface area (Å²) in [6.07, 6.45) is 3.29. The van der Waals surface area contributed by atoms with E-state index in [4.69, 9.17) is 5.11 Å². The van der Waals surface area contributed by atoms with Crippen molar-refractivity contribution in [2.75, 3.05) is 0 Å². The molecule has 2 aromatic rings. The lowest BCUT2D eigenvalue weighted by molar-refractivity contribution is -0.141. The first-order valence-electron chi connectivity index (χ1n) is 7.97. The highest BCUT2D eigenvalue weighted by Gasteiger charge is 2.31. The van der Waals surface area contributed by atoms with Crippen LogP contribution in [0.4, 0.5) is 0 Å². The molecule has 2 atom stereocenters. The number of nitrogens with one attached hydrogen (secondary N) is 1. The third-order valence-corrected chi connectivity index (χ3v) is 4.37. The van der Waals surface area contributed by atoms with Gasteiger partial charge in [0.25, 0.3) is 5.91 Å². The number of carboxylic acids is 1. The Kier molecular flexibility index (Phi) is 4.55. The van der Waals surface area contributed by atoms with Crippen molar-refractivity contribution in [1.82, 2.24) is 15.3 Å². The van der Waals surface area contributed by atoms with Crippen LogP contribution in [0.5, 0.6) is 0 Å². The fourth-order valence-electron chi connectivity index (χ4n) is 3.02. The normalized spacial score (nSPS) is 19.9. The zero-order chi connectivity index (χ0) is 17.1. The van der Waals surface area contributed by atoms with Crippen molar-refractivity contribution < 1.29 is 14.7 Å². The molecule has 3 rings (SSSR count). The lowest BCUT2D eigenvalue weighted by Gasteiger charge is -2.13. The Bertz CT molecular complexity index is 761. The van der Waals surface area contributed by atoms with Gasteiger partial charge in [0.2, 0.25) is 0 Å². The van der Waals surface area contributed by atoms with Crippen LogP contribution in [0.25, 0.3) is 11.4 Å². The van der Waals surface area contributed by atoms with Gasteiger partial charge in [-0.1, -0.05) is 30.3 Å². The number of aryl methyl sites for hydroxylation is 1. The number of aliphatic carboxylic acids is 1. The number of hydrogen-bond acceptors (Lipinski definition) is 4. The smallest absolute Gasteiger partial charge is 0.306 e. The molecule has 124 valence electrons. The number of aromatic nitrogens is 2. The largest absolute Gasteiger partial charge is 0.481 e. The van der Waals surface area contributed by atoms with Gasteiger partial charge in [-0.15, -0.1) is 0 Å². The number of carbonyl (C=O) groups is 2. The molecule has 0 aliphatic heterocycles. The first-order chi connectivity index (χ1) is 11.5. The van der Waals surface area contributed by atoms with Gasteiger partial charge < -0.3 is 10.4 Å². The van der Waals surface area contributed by atoms with Gasteiger partial charge >= 0.3 is 5.97 Å². The Hall–Kier alpha value is -2.76. The van der Waals surface area contributed by atoms with Gasteiger partial charge in [-0.2, -0.15) is 0 Å². The Morgan fingerprint density at radius 2 is 1.96 bits per heavy atom. The van der Waals surface area contributed by atoms with Gasteiger partial charge in [-0.25, -0.2) is 9.97 Å². The molecule has 1 aliphatic carbocycles. The number of hydrogen-bond donors (Lipinski definition) is 2. The van der Waals surface area contributed by atoms with E-state index in [1.807, 2.05) is 30.3 Å². The molecule has 0 unspecified atom stereocenters. The lowest BCUT2D eigenvalue weighted by atomic mass is 10.1. The third-order valence-electron chi connectivity index (χ3n) is 4.37. The van der Waals surface area contributed by atoms with E-state index in [1.54, 1.807) is 6.92 Å². The summed E-state index contributed by atoms with van der Waals surface area (Å²) in [7, 11) is 0. The molecule has 1 aromatic carbocycles. The molecule has 0 radical (unpaired) electrons. The maximum absolute atomic E-state index is 12.4. The van der Waals surface area contributed by atoms with Crippen LogP contribution in [0, 0.1) is 12.8 Å². The SMILES string of the molecule is Cc1nc(-c2ccccc2)ncc1C(=O)N[C@H]1CC[C@@H](C(=O)O)C1. The maximum Gasteiger partial charge on any atom is 0.306 e. The van der Waals surface area contributed by atoms with Crippen LogP contribution in [-0.4, -0.2) is 33.0 Å². The van der Waals surface area contributed by atoms with E-state index in [2.05, 4.69) is 15.3 Å². The summed E-state index contributed by atoms with van der Waals surface area (Å²) in [5, 5.41) is 11.9. The van der Waals surface area contributed by atoms with E-state index in [-0.39, 0.29) is 17.9 Å². The Morgan fingerprint density at radius 1 is 1.21 bits per heavy atom. The van der Waals surface area contributed by atoms with Gasteiger partial charge in [0, 0.05) is 17.8 Å². The number of carbonyl (C=O) groups excluding carboxylic acids is 1. The molecule has 1 fully saturated rings. The summed E-state index contributed by atoms with van der Waals surface area (Å²) >= 11 is 0. The van der Waals surface area contributed by atoms with Crippen LogP contribution >= 0.6 is 0 Å². The lowest BCUT2D eigenvalue weighted by Crippen LogP contribution is -2.34. The molecule has 2 N–H and O–H groups in total. The van der Waals surface area contributed by atoms with E-state index in [0.717, 1.165) is 5.56 Å². The summed E-state index contributed by atoms with van der Waals surface area (Å²) < 4.78 is 0. The standard InChI is InChI=1S/C18H19N3O3/c1-11-15(10-19-16(20-11)12-5-3-2-4-6-12)17(22)21-14-8-7-13(9-14)18(23)24/h2-6,10,13-14H,7-9H2,1H3,(H,21,22)(H,23,24)/t13-,14+/m1/s1. The molecular formula is C18H19N3O3. The first kappa shape index (κ1) is 16.1. The van der Waals surface area contributed by atoms with Crippen molar-refractivity contribution in [2.45, 2.75) is 32.2 Å². The summed E-state index contributed by atoms with van der Waals surface area (Å²) in [5.74, 6) is -0.828. The van der Waals surface area contributed by atoms with E-state index >= 15 is 0 Å². The van der Waals surface area contributed by atoms with Gasteiger partial charge in [0.05, 0.1) is 17.2 Å². The fraction of sp³-hybridized carbons (Fsp3) is 0.333. The molecule has 1 aliphatic rings. The Balaban J connectivity index is 1.71. The molecule has 1 heterocycles. The zero-order valence-electron chi connectivity index (χ0n) is 13.4. The maximum atomic E-state index is 12.4. The molecule has 1 amide bonds. The minimum absolute atomic E-state index is 0.105. The van der Waals surface area contributed by atoms with E-state index in [0.29, 0.717) is 36.3 Å². The predicted octanol–water partition coefficient (Wildman–Crippen LogP) is 2.44. The van der Waals surface area contributed by atoms with Gasteiger partial charge in [0.1, 0.15) is 0 Å². The van der Waals surface area contributed by atoms with Crippen molar-refractivity contribution in [3.8, 4) is 11.4 Å². The minimum atomic E-state index is -0.793. The second-order valence-electron chi connectivity index (χ2n) is 6.08. The van der Waals surface area contributed by atoms with Crippen LogP contribution in [0.3, 0.4) is 0 Å². The van der Waals surface area contributed by atoms with Crippen molar-refractivity contribution in [2.24, 2.45) is 5.92 Å². The Morgan fingerprint density at radius 3 is 2.58 bits per heavy atom. The average molecular weight is 325 g/mol. The number of carboxylic acid groups (broad SMARTS) is 1. The van der Waals surface area contributed by atoms with Crippen LogP contribution in [-0.2, 0) is 4.79 Å². The average Bonchev–Trinajstić information content (AvgIpc) is 3.04. The topological polar surface area (TPSA) is 92.2 Å². The highest BCUT2D eigenvalue weighted by atomic mass is 16.4. The quantitative estimate of drug-likeness (QED) is 0.901. The van der Waals surface area contributed by atoms with Crippen molar-refractivity contribution in [3.05, 3.63) is 47.8 Å². The van der Waals surface area contributed by atoms with Gasteiger partial charge in [0.15, 0.2) is 5.82 Å². The van der Waals surface area contributed by atoms with Gasteiger partial charge in [-0.3, -0.25) is 9.59 Å². The Labute approximate surface area is 140 Å². The van der Waals surface area contributed by atoms with Gasteiger partial charge in [-0.05, 0) is 26.2 Å². The number of rotatable bonds is 4. The van der Waals surface area contributed by atoms with E-state index < -0.39 is 5.97 Å². The minimum Gasteiger partial charge on any atom is -0.481 e. The van der Waals surface area contributed by atoms with Crippen LogP contribution in [0.2, 0.25) is 0 Å². The zero-order valence-corrected chi connectivity index (χ0v) is 13.4. The van der Waals surface area contributed by atoms with Crippen molar-refractivity contribution in [1.29, 1.82) is 0 Å². The summed E-state index contributed by atoms with van der Waals surface area (Å²) in [6.45, 7) is 1.78. The predicted molar refractivity (Wildman–Crippen MR) is 88.4 cm³/mol. The number of amides is 1. The first-order valence-corrected chi connectivity index (χ1v) is 7.97. The fourth-order valence-corrected chi connectivity index (χ4v) is 3.02. The van der Waals surface area contributed by atoms with E-state index in [1.165, 1.54) is 6.20 Å². The number of benzene rings is 1. The highest BCUT2D eigenvalue weighted by molar-refractivity contribution is 5.95. The molecule has 1 aromatic heterocycles. The molecule has 6 nitrogen and oxygen atoms in total. The summed E-state index contributed by atoms with van der Waals surface area (Å²) in [5.41, 5.74) is 1.93. The molecule has 0 bridgehead atoms. The summed E-state index contributed by atoms with van der Waals surface area (Å²) in [4.78, 5) is 32.1. The van der Waals surface area contributed by atoms with E-state index in [9.17, 15) is 9.59 Å². The summed E-state index contributed by atoms with van der Waals surface area (Å²) in [6, 6.07) is 9.47. The van der Waals surface area contributed by atoms with Crippen LogP contribution in [0.1, 0.15) is 35.3 Å². The monoisotopic (exact) mass is 325 g/mol. The molecule has 1 saturated carbocycles. The van der Waals surface area contributed by atoms with Crippen LogP contribution in [0.15, 0.2) is 36.5 Å². The molecule has 0 saturated heterocycles. The highest BCUT2D eigenvalue weighted by Crippen LogP contribution is 2.26.